The summed E-state index contributed by atoms with van der Waals surface area (Å²) in [4.78, 5) is 29.5. The highest BCUT2D eigenvalue weighted by Crippen LogP contribution is 2.30. The summed E-state index contributed by atoms with van der Waals surface area (Å²) in [6.45, 7) is 7.92. The lowest BCUT2D eigenvalue weighted by Crippen LogP contribution is -2.42. The van der Waals surface area contributed by atoms with Crippen LogP contribution in [0.15, 0.2) is 49.1 Å². The smallest absolute Gasteiger partial charge is 0.410 e. The molecule has 168 valence electrons. The molecule has 0 unspecified atom stereocenters. The van der Waals surface area contributed by atoms with Crippen LogP contribution in [0.5, 0.6) is 0 Å². The first kappa shape index (κ1) is 21.8. The number of nitrogens with zero attached hydrogens (tertiary/aromatic N) is 5. The van der Waals surface area contributed by atoms with Gasteiger partial charge in [0.25, 0.3) is 0 Å². The van der Waals surface area contributed by atoms with Crippen molar-refractivity contribution in [3.8, 4) is 0 Å². The average Bonchev–Trinajstić information content (AvgIpc) is 3.26. The SMILES string of the molecule is CN(C(=O)OC(C)(C)C)[C@@H]1CCN(c2ccncc2NCc2ccc3nccnc3c2)C1. The third kappa shape index (κ3) is 5.07. The summed E-state index contributed by atoms with van der Waals surface area (Å²) >= 11 is 0. The van der Waals surface area contributed by atoms with Gasteiger partial charge in [-0.25, -0.2) is 4.79 Å². The van der Waals surface area contributed by atoms with Gasteiger partial charge in [0.1, 0.15) is 5.60 Å². The number of aromatic nitrogens is 3. The maximum atomic E-state index is 12.5. The van der Waals surface area contributed by atoms with Crippen molar-refractivity contribution in [2.45, 2.75) is 45.4 Å². The maximum absolute atomic E-state index is 12.5. The summed E-state index contributed by atoms with van der Waals surface area (Å²) in [7, 11) is 1.82. The molecule has 1 N–H and O–H groups in total. The summed E-state index contributed by atoms with van der Waals surface area (Å²) < 4.78 is 5.53. The van der Waals surface area contributed by atoms with Crippen molar-refractivity contribution in [1.29, 1.82) is 0 Å². The number of nitrogens with one attached hydrogen (secondary N) is 1. The largest absolute Gasteiger partial charge is 0.444 e. The van der Waals surface area contributed by atoms with E-state index in [0.717, 1.165) is 47.5 Å². The predicted octanol–water partition coefficient (Wildman–Crippen LogP) is 4.08. The predicted molar refractivity (Wildman–Crippen MR) is 126 cm³/mol. The van der Waals surface area contributed by atoms with Crippen LogP contribution in [0.3, 0.4) is 0 Å². The Morgan fingerprint density at radius 1 is 1.19 bits per heavy atom. The first-order valence-electron chi connectivity index (χ1n) is 10.9. The molecule has 0 spiro atoms. The summed E-state index contributed by atoms with van der Waals surface area (Å²) in [6, 6.07) is 8.21. The standard InChI is InChI=1S/C24H30N6O2/c1-24(2,3)32-23(31)29(4)18-8-12-30(16-18)22-7-9-25-15-21(22)28-14-17-5-6-19-20(13-17)27-11-10-26-19/h5-7,9-11,13,15,18,28H,8,12,14,16H2,1-4H3/t18-/m1/s1. The van der Waals surface area contributed by atoms with E-state index >= 15 is 0 Å². The number of carbonyl (C=O) groups is 1. The Morgan fingerprint density at radius 3 is 2.75 bits per heavy atom. The van der Waals surface area contributed by atoms with Crippen molar-refractivity contribution >= 4 is 28.5 Å². The summed E-state index contributed by atoms with van der Waals surface area (Å²) in [6.07, 6.45) is 7.67. The highest BCUT2D eigenvalue weighted by Gasteiger charge is 2.31. The van der Waals surface area contributed by atoms with Crippen LogP contribution in [0.1, 0.15) is 32.8 Å². The molecule has 4 rings (SSSR count). The van der Waals surface area contributed by atoms with Gasteiger partial charge >= 0.3 is 6.09 Å². The van der Waals surface area contributed by atoms with Crippen LogP contribution < -0.4 is 10.2 Å². The molecule has 3 aromatic rings. The van der Waals surface area contributed by atoms with Crippen LogP contribution in [-0.2, 0) is 11.3 Å². The molecule has 0 saturated carbocycles. The zero-order chi connectivity index (χ0) is 22.7. The van der Waals surface area contributed by atoms with E-state index in [4.69, 9.17) is 4.74 Å². The highest BCUT2D eigenvalue weighted by molar-refractivity contribution is 5.75. The Balaban J connectivity index is 1.42. The van der Waals surface area contributed by atoms with Gasteiger partial charge in [0, 0.05) is 45.3 Å². The third-order valence-corrected chi connectivity index (χ3v) is 5.55. The molecule has 1 saturated heterocycles. The van der Waals surface area contributed by atoms with Crippen LogP contribution in [0, 0.1) is 0 Å². The molecule has 1 aliphatic heterocycles. The molecule has 1 atom stereocenters. The van der Waals surface area contributed by atoms with E-state index in [1.165, 1.54) is 0 Å². The van der Waals surface area contributed by atoms with E-state index in [2.05, 4.69) is 31.2 Å². The molecule has 8 nitrogen and oxygen atoms in total. The monoisotopic (exact) mass is 434 g/mol. The summed E-state index contributed by atoms with van der Waals surface area (Å²) in [5, 5.41) is 3.51. The van der Waals surface area contributed by atoms with Crippen LogP contribution in [-0.4, -0.2) is 57.7 Å². The quantitative estimate of drug-likeness (QED) is 0.648. The Kier molecular flexibility index (Phi) is 6.12. The number of ether oxygens (including phenoxy) is 1. The average molecular weight is 435 g/mol. The van der Waals surface area contributed by atoms with Crippen molar-refractivity contribution < 1.29 is 9.53 Å². The fourth-order valence-electron chi connectivity index (χ4n) is 3.87. The first-order valence-corrected chi connectivity index (χ1v) is 10.9. The van der Waals surface area contributed by atoms with Crippen molar-refractivity contribution in [1.82, 2.24) is 19.9 Å². The van der Waals surface area contributed by atoms with Crippen LogP contribution in [0.2, 0.25) is 0 Å². The molecule has 32 heavy (non-hydrogen) atoms. The van der Waals surface area contributed by atoms with Crippen molar-refractivity contribution in [3.63, 3.8) is 0 Å². The van der Waals surface area contributed by atoms with Crippen molar-refractivity contribution in [3.05, 3.63) is 54.6 Å². The van der Waals surface area contributed by atoms with Gasteiger partial charge in [0.2, 0.25) is 0 Å². The Morgan fingerprint density at radius 2 is 1.97 bits per heavy atom. The number of hydrogen-bond acceptors (Lipinski definition) is 7. The second-order valence-corrected chi connectivity index (χ2v) is 9.11. The summed E-state index contributed by atoms with van der Waals surface area (Å²) in [5.74, 6) is 0. The number of likely N-dealkylation sites (N-methyl/N-ethyl adjacent to an activating group) is 1. The topological polar surface area (TPSA) is 83.5 Å². The van der Waals surface area contributed by atoms with Gasteiger partial charge in [-0.05, 0) is 51.0 Å². The molecule has 0 aliphatic carbocycles. The van der Waals surface area contributed by atoms with Crippen LogP contribution in [0.4, 0.5) is 16.2 Å². The maximum Gasteiger partial charge on any atom is 0.410 e. The van der Waals surface area contributed by atoms with E-state index in [1.807, 2.05) is 52.2 Å². The molecule has 3 heterocycles. The Labute approximate surface area is 188 Å². The van der Waals surface area contributed by atoms with Crippen LogP contribution in [0.25, 0.3) is 11.0 Å². The van der Waals surface area contributed by atoms with E-state index in [9.17, 15) is 4.79 Å². The van der Waals surface area contributed by atoms with Crippen molar-refractivity contribution in [2.75, 3.05) is 30.4 Å². The van der Waals surface area contributed by atoms with Gasteiger partial charge < -0.3 is 19.9 Å². The lowest BCUT2D eigenvalue weighted by Gasteiger charge is -2.29. The van der Waals surface area contributed by atoms with Gasteiger partial charge in [-0.2, -0.15) is 0 Å². The molecular weight excluding hydrogens is 404 g/mol. The van der Waals surface area contributed by atoms with Crippen molar-refractivity contribution in [2.24, 2.45) is 0 Å². The Hall–Kier alpha value is -3.42. The highest BCUT2D eigenvalue weighted by atomic mass is 16.6. The zero-order valence-electron chi connectivity index (χ0n) is 19.1. The second kappa shape index (κ2) is 8.98. The molecular formula is C24H30N6O2. The number of rotatable bonds is 5. The van der Waals surface area contributed by atoms with Gasteiger partial charge in [-0.15, -0.1) is 0 Å². The van der Waals surface area contributed by atoms with E-state index < -0.39 is 5.60 Å². The lowest BCUT2D eigenvalue weighted by molar-refractivity contribution is 0.0238. The van der Waals surface area contributed by atoms with Gasteiger partial charge in [0.15, 0.2) is 0 Å². The van der Waals surface area contributed by atoms with Gasteiger partial charge in [0.05, 0.1) is 34.6 Å². The molecule has 1 aliphatic rings. The van der Waals surface area contributed by atoms with E-state index in [1.54, 1.807) is 23.5 Å². The zero-order valence-corrected chi connectivity index (χ0v) is 19.1. The minimum Gasteiger partial charge on any atom is -0.444 e. The molecule has 2 aromatic heterocycles. The van der Waals surface area contributed by atoms with Gasteiger partial charge in [-0.3, -0.25) is 15.0 Å². The van der Waals surface area contributed by atoms with Gasteiger partial charge in [-0.1, -0.05) is 6.07 Å². The third-order valence-electron chi connectivity index (χ3n) is 5.55. The number of pyridine rings is 1. The van der Waals surface area contributed by atoms with Crippen LogP contribution >= 0.6 is 0 Å². The fraction of sp³-hybridized carbons (Fsp3) is 0.417. The number of amides is 1. The molecule has 0 radical (unpaired) electrons. The molecule has 0 bridgehead atoms. The minimum absolute atomic E-state index is 0.102. The van der Waals surface area contributed by atoms with E-state index in [-0.39, 0.29) is 12.1 Å². The Bertz CT molecular complexity index is 1100. The number of fused-ring (bicyclic) bond motifs is 1. The number of hydrogen-bond donors (Lipinski definition) is 1. The molecule has 1 aromatic carbocycles. The normalized spacial score (nSPS) is 16.2. The first-order chi connectivity index (χ1) is 15.3. The number of anilines is 2. The number of benzene rings is 1. The molecule has 8 heteroatoms. The lowest BCUT2D eigenvalue weighted by atomic mass is 10.2. The molecule has 1 amide bonds. The minimum atomic E-state index is -0.500. The van der Waals surface area contributed by atoms with E-state index in [0.29, 0.717) is 6.54 Å². The molecule has 1 fully saturated rings. The summed E-state index contributed by atoms with van der Waals surface area (Å²) in [5.41, 5.74) is 4.44. The fourth-order valence-corrected chi connectivity index (χ4v) is 3.87. The number of carbonyl (C=O) groups excluding carboxylic acids is 1. The second-order valence-electron chi connectivity index (χ2n) is 9.11.